The number of aromatic nitrogens is 1. The van der Waals surface area contributed by atoms with E-state index in [4.69, 9.17) is 0 Å². The maximum Gasteiger partial charge on any atom is 0.0702 e. The SMILES string of the molecule is CN(CCBr)Cc1ccc2ncccc2c1. The van der Waals surface area contributed by atoms with Crippen molar-refractivity contribution in [2.45, 2.75) is 6.54 Å². The molecule has 0 fully saturated rings. The van der Waals surface area contributed by atoms with Crippen LogP contribution in [0.5, 0.6) is 0 Å². The van der Waals surface area contributed by atoms with Gasteiger partial charge < -0.3 is 4.90 Å². The van der Waals surface area contributed by atoms with E-state index in [2.05, 4.69) is 57.1 Å². The van der Waals surface area contributed by atoms with Crippen LogP contribution in [0.1, 0.15) is 5.56 Å². The summed E-state index contributed by atoms with van der Waals surface area (Å²) in [6.45, 7) is 2.04. The summed E-state index contributed by atoms with van der Waals surface area (Å²) < 4.78 is 0. The van der Waals surface area contributed by atoms with Crippen LogP contribution in [0, 0.1) is 0 Å². The molecule has 0 N–H and O–H groups in total. The van der Waals surface area contributed by atoms with Crippen molar-refractivity contribution < 1.29 is 0 Å². The van der Waals surface area contributed by atoms with Gasteiger partial charge in [0.05, 0.1) is 5.52 Å². The summed E-state index contributed by atoms with van der Waals surface area (Å²) in [5.41, 5.74) is 2.40. The molecule has 0 bridgehead atoms. The molecule has 3 heteroatoms. The van der Waals surface area contributed by atoms with E-state index in [1.54, 1.807) is 0 Å². The summed E-state index contributed by atoms with van der Waals surface area (Å²) in [6.07, 6.45) is 1.83. The zero-order valence-electron chi connectivity index (χ0n) is 9.36. The van der Waals surface area contributed by atoms with Crippen molar-refractivity contribution in [3.63, 3.8) is 0 Å². The monoisotopic (exact) mass is 278 g/mol. The number of hydrogen-bond donors (Lipinski definition) is 0. The lowest BCUT2D eigenvalue weighted by atomic mass is 10.1. The van der Waals surface area contributed by atoms with E-state index in [1.807, 2.05) is 12.3 Å². The van der Waals surface area contributed by atoms with Crippen molar-refractivity contribution in [2.75, 3.05) is 18.9 Å². The lowest BCUT2D eigenvalue weighted by Crippen LogP contribution is -2.19. The van der Waals surface area contributed by atoms with Crippen molar-refractivity contribution in [3.05, 3.63) is 42.1 Å². The summed E-state index contributed by atoms with van der Waals surface area (Å²) in [5, 5.41) is 2.23. The normalized spacial score (nSPS) is 11.2. The highest BCUT2D eigenvalue weighted by atomic mass is 79.9. The third kappa shape index (κ3) is 2.80. The second-order valence-electron chi connectivity index (χ2n) is 3.96. The molecule has 1 aromatic carbocycles. The highest BCUT2D eigenvalue weighted by Crippen LogP contribution is 2.14. The van der Waals surface area contributed by atoms with E-state index in [1.165, 1.54) is 10.9 Å². The first-order chi connectivity index (χ1) is 7.79. The van der Waals surface area contributed by atoms with Crippen LogP contribution in [0.4, 0.5) is 0 Å². The topological polar surface area (TPSA) is 16.1 Å². The fourth-order valence-corrected chi connectivity index (χ4v) is 2.36. The second kappa shape index (κ2) is 5.41. The van der Waals surface area contributed by atoms with E-state index in [0.717, 1.165) is 23.9 Å². The van der Waals surface area contributed by atoms with Gasteiger partial charge in [0.25, 0.3) is 0 Å². The van der Waals surface area contributed by atoms with Gasteiger partial charge in [-0.2, -0.15) is 0 Å². The van der Waals surface area contributed by atoms with E-state index < -0.39 is 0 Å². The Labute approximate surface area is 104 Å². The van der Waals surface area contributed by atoms with Gasteiger partial charge in [-0.05, 0) is 30.8 Å². The molecule has 0 saturated carbocycles. The average molecular weight is 279 g/mol. The Kier molecular flexibility index (Phi) is 3.91. The Bertz CT molecular complexity index is 470. The fraction of sp³-hybridized carbons (Fsp3) is 0.308. The minimum Gasteiger partial charge on any atom is -0.301 e. The van der Waals surface area contributed by atoms with Gasteiger partial charge in [-0.1, -0.05) is 28.1 Å². The largest absolute Gasteiger partial charge is 0.301 e. The molecule has 1 aromatic heterocycles. The van der Waals surface area contributed by atoms with Gasteiger partial charge in [0, 0.05) is 30.0 Å². The number of rotatable bonds is 4. The Balaban J connectivity index is 2.19. The van der Waals surface area contributed by atoms with Crippen LogP contribution in [-0.4, -0.2) is 28.8 Å². The third-order valence-corrected chi connectivity index (χ3v) is 2.94. The number of nitrogens with zero attached hydrogens (tertiary/aromatic N) is 2. The summed E-state index contributed by atoms with van der Waals surface area (Å²) in [4.78, 5) is 6.61. The quantitative estimate of drug-likeness (QED) is 0.800. The van der Waals surface area contributed by atoms with Crippen LogP contribution in [0.2, 0.25) is 0 Å². The molecule has 84 valence electrons. The van der Waals surface area contributed by atoms with E-state index in [-0.39, 0.29) is 0 Å². The van der Waals surface area contributed by atoms with Crippen LogP contribution >= 0.6 is 15.9 Å². The zero-order valence-corrected chi connectivity index (χ0v) is 10.9. The summed E-state index contributed by atoms with van der Waals surface area (Å²) >= 11 is 3.45. The molecule has 0 spiro atoms. The molecular formula is C13H15BrN2. The predicted molar refractivity (Wildman–Crippen MR) is 71.9 cm³/mol. The van der Waals surface area contributed by atoms with Gasteiger partial charge in [0.1, 0.15) is 0 Å². The second-order valence-corrected chi connectivity index (χ2v) is 4.75. The van der Waals surface area contributed by atoms with Crippen LogP contribution in [0.25, 0.3) is 10.9 Å². The molecule has 0 radical (unpaired) electrons. The molecular weight excluding hydrogens is 264 g/mol. The lowest BCUT2D eigenvalue weighted by Gasteiger charge is -2.15. The maximum absolute atomic E-state index is 4.32. The molecule has 0 saturated heterocycles. The van der Waals surface area contributed by atoms with Gasteiger partial charge in [0.2, 0.25) is 0 Å². The average Bonchev–Trinajstić information content (AvgIpc) is 2.29. The molecule has 2 nitrogen and oxygen atoms in total. The van der Waals surface area contributed by atoms with Gasteiger partial charge >= 0.3 is 0 Å². The van der Waals surface area contributed by atoms with E-state index in [0.29, 0.717) is 0 Å². The van der Waals surface area contributed by atoms with Gasteiger partial charge in [-0.3, -0.25) is 4.98 Å². The summed E-state index contributed by atoms with van der Waals surface area (Å²) in [6, 6.07) is 10.5. The molecule has 0 atom stereocenters. The number of hydrogen-bond acceptors (Lipinski definition) is 2. The Morgan fingerprint density at radius 3 is 3.00 bits per heavy atom. The summed E-state index contributed by atoms with van der Waals surface area (Å²) in [5.74, 6) is 0. The molecule has 16 heavy (non-hydrogen) atoms. The van der Waals surface area contributed by atoms with Crippen LogP contribution in [0.15, 0.2) is 36.5 Å². The molecule has 1 heterocycles. The van der Waals surface area contributed by atoms with Crippen molar-refractivity contribution in [2.24, 2.45) is 0 Å². The van der Waals surface area contributed by atoms with Crippen LogP contribution in [-0.2, 0) is 6.54 Å². The minimum atomic E-state index is 0.983. The standard InChI is InChI=1S/C13H15BrN2/c1-16(8-6-14)10-11-4-5-13-12(9-11)3-2-7-15-13/h2-5,7,9H,6,8,10H2,1H3. The third-order valence-electron chi connectivity index (χ3n) is 2.59. The van der Waals surface area contributed by atoms with Crippen LogP contribution < -0.4 is 0 Å². The number of halogens is 1. The van der Waals surface area contributed by atoms with Gasteiger partial charge in [-0.25, -0.2) is 0 Å². The molecule has 0 aliphatic rings. The predicted octanol–water partition coefficient (Wildman–Crippen LogP) is 3.06. The Morgan fingerprint density at radius 1 is 1.31 bits per heavy atom. The molecule has 0 amide bonds. The van der Waals surface area contributed by atoms with Crippen LogP contribution in [0.3, 0.4) is 0 Å². The number of pyridine rings is 1. The zero-order chi connectivity index (χ0) is 11.4. The molecule has 2 rings (SSSR count). The van der Waals surface area contributed by atoms with E-state index >= 15 is 0 Å². The molecule has 0 aliphatic carbocycles. The highest BCUT2D eigenvalue weighted by Gasteiger charge is 2.00. The van der Waals surface area contributed by atoms with E-state index in [9.17, 15) is 0 Å². The van der Waals surface area contributed by atoms with Crippen molar-refractivity contribution >= 4 is 26.8 Å². The van der Waals surface area contributed by atoms with Gasteiger partial charge in [0.15, 0.2) is 0 Å². The lowest BCUT2D eigenvalue weighted by molar-refractivity contribution is 0.350. The number of benzene rings is 1. The molecule has 0 unspecified atom stereocenters. The first kappa shape index (κ1) is 11.6. The highest BCUT2D eigenvalue weighted by molar-refractivity contribution is 9.09. The minimum absolute atomic E-state index is 0.983. The van der Waals surface area contributed by atoms with Gasteiger partial charge in [-0.15, -0.1) is 0 Å². The Morgan fingerprint density at radius 2 is 2.19 bits per heavy atom. The smallest absolute Gasteiger partial charge is 0.0702 e. The number of alkyl halides is 1. The first-order valence-corrected chi connectivity index (χ1v) is 6.50. The van der Waals surface area contributed by atoms with Crippen molar-refractivity contribution in [1.82, 2.24) is 9.88 Å². The number of fused-ring (bicyclic) bond motifs is 1. The maximum atomic E-state index is 4.32. The summed E-state index contributed by atoms with van der Waals surface area (Å²) in [7, 11) is 2.13. The molecule has 2 aromatic rings. The Hall–Kier alpha value is -0.930. The van der Waals surface area contributed by atoms with Crippen molar-refractivity contribution in [3.8, 4) is 0 Å². The first-order valence-electron chi connectivity index (χ1n) is 5.38. The molecule has 0 aliphatic heterocycles. The van der Waals surface area contributed by atoms with Crippen molar-refractivity contribution in [1.29, 1.82) is 0 Å². The fourth-order valence-electron chi connectivity index (χ4n) is 1.76.